The summed E-state index contributed by atoms with van der Waals surface area (Å²) in [4.78, 5) is 17.8. The van der Waals surface area contributed by atoms with Crippen LogP contribution in [0.15, 0.2) is 66.7 Å². The van der Waals surface area contributed by atoms with Gasteiger partial charge in [0.25, 0.3) is 5.91 Å². The van der Waals surface area contributed by atoms with E-state index in [2.05, 4.69) is 4.98 Å². The first-order valence-electron chi connectivity index (χ1n) is 9.18. The third kappa shape index (κ3) is 2.68. The van der Waals surface area contributed by atoms with Gasteiger partial charge in [0, 0.05) is 23.3 Å². The first-order chi connectivity index (χ1) is 14.0. The van der Waals surface area contributed by atoms with Gasteiger partial charge in [-0.3, -0.25) is 4.79 Å². The van der Waals surface area contributed by atoms with Gasteiger partial charge in [-0.2, -0.15) is 0 Å². The summed E-state index contributed by atoms with van der Waals surface area (Å²) >= 11 is 0. The molecular formula is C23H16F2N2O2. The van der Waals surface area contributed by atoms with E-state index < -0.39 is 23.4 Å². The number of aromatic nitrogens is 1. The maximum Gasteiger partial charge on any atom is 0.255 e. The number of hydrogen-bond donors (Lipinski definition) is 2. The number of nitrogens with zero attached hydrogens (tertiary/aromatic N) is 1. The van der Waals surface area contributed by atoms with Crippen molar-refractivity contribution in [3.8, 4) is 5.75 Å². The van der Waals surface area contributed by atoms with Gasteiger partial charge in [-0.25, -0.2) is 8.78 Å². The van der Waals surface area contributed by atoms with Crippen LogP contribution in [0.25, 0.3) is 10.9 Å². The number of H-pyrrole nitrogens is 1. The molecule has 0 aliphatic carbocycles. The summed E-state index contributed by atoms with van der Waals surface area (Å²) in [5.41, 5.74) is 2.35. The Kier molecular flexibility index (Phi) is 3.87. The van der Waals surface area contributed by atoms with E-state index in [-0.39, 0.29) is 18.0 Å². The maximum atomic E-state index is 14.9. The number of benzene rings is 3. The molecule has 1 unspecified atom stereocenters. The molecular weight excluding hydrogens is 374 g/mol. The number of hydrogen-bond acceptors (Lipinski definition) is 2. The highest BCUT2D eigenvalue weighted by Crippen LogP contribution is 2.41. The van der Waals surface area contributed by atoms with Gasteiger partial charge in [-0.05, 0) is 41.3 Å². The second-order valence-corrected chi connectivity index (χ2v) is 7.10. The van der Waals surface area contributed by atoms with Gasteiger partial charge in [-0.15, -0.1) is 0 Å². The second-order valence-electron chi connectivity index (χ2n) is 7.10. The molecule has 1 aliphatic heterocycles. The predicted octanol–water partition coefficient (Wildman–Crippen LogP) is 4.90. The molecule has 0 radical (unpaired) electrons. The van der Waals surface area contributed by atoms with Gasteiger partial charge in [-0.1, -0.05) is 36.4 Å². The Morgan fingerprint density at radius 2 is 1.76 bits per heavy atom. The zero-order chi connectivity index (χ0) is 20.1. The fourth-order valence-electron chi connectivity index (χ4n) is 4.02. The van der Waals surface area contributed by atoms with E-state index in [0.717, 1.165) is 28.6 Å². The fraction of sp³-hybridized carbons (Fsp3) is 0.0870. The van der Waals surface area contributed by atoms with Gasteiger partial charge in [0.05, 0.1) is 5.56 Å². The summed E-state index contributed by atoms with van der Waals surface area (Å²) in [6.45, 7) is 0.227. The van der Waals surface area contributed by atoms with E-state index in [4.69, 9.17) is 0 Å². The smallest absolute Gasteiger partial charge is 0.255 e. The summed E-state index contributed by atoms with van der Waals surface area (Å²) in [7, 11) is 0. The average molecular weight is 390 g/mol. The minimum Gasteiger partial charge on any atom is -0.507 e. The molecule has 0 saturated heterocycles. The summed E-state index contributed by atoms with van der Waals surface area (Å²) in [5.74, 6) is -2.95. The topological polar surface area (TPSA) is 56.3 Å². The van der Waals surface area contributed by atoms with Crippen molar-refractivity contribution in [3.05, 3.63) is 101 Å². The van der Waals surface area contributed by atoms with Crippen molar-refractivity contribution in [1.29, 1.82) is 0 Å². The number of para-hydroxylation sites is 1. The molecule has 0 bridgehead atoms. The summed E-state index contributed by atoms with van der Waals surface area (Å²) < 4.78 is 29.0. The highest BCUT2D eigenvalue weighted by Gasteiger charge is 2.38. The van der Waals surface area contributed by atoms with Gasteiger partial charge in [0.2, 0.25) is 0 Å². The number of rotatable bonds is 3. The van der Waals surface area contributed by atoms with Crippen LogP contribution in [0.5, 0.6) is 5.75 Å². The average Bonchev–Trinajstić information content (AvgIpc) is 3.30. The molecule has 144 valence electrons. The second kappa shape index (κ2) is 6.44. The molecule has 2 heterocycles. The summed E-state index contributed by atoms with van der Waals surface area (Å²) in [5, 5.41) is 11.3. The quantitative estimate of drug-likeness (QED) is 0.523. The van der Waals surface area contributed by atoms with Crippen molar-refractivity contribution in [1.82, 2.24) is 9.88 Å². The lowest BCUT2D eigenvalue weighted by Crippen LogP contribution is -2.31. The number of aromatic amines is 1. The Labute approximate surface area is 165 Å². The van der Waals surface area contributed by atoms with Crippen molar-refractivity contribution in [2.24, 2.45) is 0 Å². The number of carbonyl (C=O) groups is 1. The standard InChI is InChI=1S/C23H16F2N2O2/c24-16-9-10-19(28)20(21(16)25)22(18-11-13-5-2-4-8-17(13)26-18)27-12-14-6-1-3-7-15(14)23(27)29/h1-11,22,26,28H,12H2. The van der Waals surface area contributed by atoms with E-state index in [1.54, 1.807) is 18.2 Å². The lowest BCUT2D eigenvalue weighted by molar-refractivity contribution is 0.0724. The molecule has 0 fully saturated rings. The Morgan fingerprint density at radius 3 is 2.55 bits per heavy atom. The molecule has 0 saturated carbocycles. The third-order valence-electron chi connectivity index (χ3n) is 5.39. The molecule has 29 heavy (non-hydrogen) atoms. The SMILES string of the molecule is O=C1c2ccccc2CN1C(c1cc2ccccc2[nH]1)c1c(O)ccc(F)c1F. The van der Waals surface area contributed by atoms with Crippen molar-refractivity contribution < 1.29 is 18.7 Å². The number of amides is 1. The normalized spacial score (nSPS) is 14.4. The van der Waals surface area contributed by atoms with E-state index >= 15 is 0 Å². The zero-order valence-corrected chi connectivity index (χ0v) is 15.2. The molecule has 1 atom stereocenters. The number of nitrogens with one attached hydrogen (secondary N) is 1. The van der Waals surface area contributed by atoms with Gasteiger partial charge >= 0.3 is 0 Å². The van der Waals surface area contributed by atoms with Crippen molar-refractivity contribution >= 4 is 16.8 Å². The Hall–Kier alpha value is -3.67. The monoisotopic (exact) mass is 390 g/mol. The third-order valence-corrected chi connectivity index (χ3v) is 5.39. The van der Waals surface area contributed by atoms with Crippen LogP contribution >= 0.6 is 0 Å². The summed E-state index contributed by atoms with van der Waals surface area (Å²) in [6, 6.07) is 17.4. The molecule has 0 spiro atoms. The molecule has 1 aromatic heterocycles. The van der Waals surface area contributed by atoms with Crippen LogP contribution in [0.3, 0.4) is 0 Å². The molecule has 4 aromatic rings. The minimum atomic E-state index is -1.17. The first kappa shape index (κ1) is 17.4. The molecule has 4 nitrogen and oxygen atoms in total. The molecule has 1 aliphatic rings. The lowest BCUT2D eigenvalue weighted by Gasteiger charge is -2.28. The van der Waals surface area contributed by atoms with Crippen LogP contribution in [0.2, 0.25) is 0 Å². The Bertz CT molecular complexity index is 1230. The van der Waals surface area contributed by atoms with E-state index in [1.165, 1.54) is 4.90 Å². The van der Waals surface area contributed by atoms with Crippen molar-refractivity contribution in [2.45, 2.75) is 12.6 Å². The predicted molar refractivity (Wildman–Crippen MR) is 104 cm³/mol. The van der Waals surface area contributed by atoms with Gasteiger partial charge in [0.15, 0.2) is 11.6 Å². The number of phenols is 1. The number of halogens is 2. The maximum absolute atomic E-state index is 14.9. The summed E-state index contributed by atoms with van der Waals surface area (Å²) in [6.07, 6.45) is 0. The molecule has 5 rings (SSSR count). The highest BCUT2D eigenvalue weighted by atomic mass is 19.2. The zero-order valence-electron chi connectivity index (χ0n) is 15.2. The first-order valence-corrected chi connectivity index (χ1v) is 9.18. The number of fused-ring (bicyclic) bond motifs is 2. The van der Waals surface area contributed by atoms with Gasteiger partial charge in [0.1, 0.15) is 11.8 Å². The molecule has 2 N–H and O–H groups in total. The molecule has 1 amide bonds. The number of carbonyl (C=O) groups excluding carboxylic acids is 1. The van der Waals surface area contributed by atoms with Crippen molar-refractivity contribution in [2.75, 3.05) is 0 Å². The Balaban J connectivity index is 1.73. The Morgan fingerprint density at radius 1 is 1.00 bits per heavy atom. The van der Waals surface area contributed by atoms with E-state index in [9.17, 15) is 18.7 Å². The van der Waals surface area contributed by atoms with E-state index in [0.29, 0.717) is 11.3 Å². The largest absolute Gasteiger partial charge is 0.507 e. The van der Waals surface area contributed by atoms with Crippen LogP contribution < -0.4 is 0 Å². The van der Waals surface area contributed by atoms with Gasteiger partial charge < -0.3 is 15.0 Å². The van der Waals surface area contributed by atoms with E-state index in [1.807, 2.05) is 36.4 Å². The van der Waals surface area contributed by atoms with Crippen LogP contribution in [-0.4, -0.2) is 20.9 Å². The highest BCUT2D eigenvalue weighted by molar-refractivity contribution is 5.99. The minimum absolute atomic E-state index is 0.227. The van der Waals surface area contributed by atoms with Crippen LogP contribution in [0.4, 0.5) is 8.78 Å². The van der Waals surface area contributed by atoms with Crippen molar-refractivity contribution in [3.63, 3.8) is 0 Å². The van der Waals surface area contributed by atoms with Crippen LogP contribution in [0.1, 0.15) is 33.2 Å². The van der Waals surface area contributed by atoms with Crippen LogP contribution in [-0.2, 0) is 6.54 Å². The fourth-order valence-corrected chi connectivity index (χ4v) is 4.02. The molecule has 3 aromatic carbocycles. The molecule has 6 heteroatoms. The van der Waals surface area contributed by atoms with Crippen LogP contribution in [0, 0.1) is 11.6 Å². The number of phenolic OH excluding ortho intramolecular Hbond substituents is 1. The lowest BCUT2D eigenvalue weighted by atomic mass is 9.99. The number of aromatic hydroxyl groups is 1.